The number of rotatable bonds is 7. The fourth-order valence-corrected chi connectivity index (χ4v) is 2.03. The molecule has 1 aromatic carbocycles. The first-order valence-corrected chi connectivity index (χ1v) is 6.93. The molecule has 118 valence electrons. The summed E-state index contributed by atoms with van der Waals surface area (Å²) in [5.41, 5.74) is 0.687. The maximum absolute atomic E-state index is 13.6. The number of ether oxygens (including phenoxy) is 1. The molecule has 1 aromatic heterocycles. The summed E-state index contributed by atoms with van der Waals surface area (Å²) in [6.45, 7) is 2.38. The molecular weight excluding hydrogens is 289 g/mol. The summed E-state index contributed by atoms with van der Waals surface area (Å²) in [6.07, 6.45) is 2.48. The predicted molar refractivity (Wildman–Crippen MR) is 76.6 cm³/mol. The van der Waals surface area contributed by atoms with Crippen molar-refractivity contribution < 1.29 is 13.9 Å². The van der Waals surface area contributed by atoms with E-state index in [4.69, 9.17) is 4.74 Å². The van der Waals surface area contributed by atoms with Crippen LogP contribution in [0.5, 0.6) is 5.75 Å². The molecular formula is C14H18FN5O2. The van der Waals surface area contributed by atoms with E-state index in [0.717, 1.165) is 0 Å². The van der Waals surface area contributed by atoms with Gasteiger partial charge in [0.1, 0.15) is 6.33 Å². The molecule has 0 saturated carbocycles. The summed E-state index contributed by atoms with van der Waals surface area (Å²) in [5, 5.41) is 13.6. The average molecular weight is 307 g/mol. The lowest BCUT2D eigenvalue weighted by atomic mass is 10.1. The maximum Gasteiger partial charge on any atom is 0.220 e. The molecule has 22 heavy (non-hydrogen) atoms. The van der Waals surface area contributed by atoms with Gasteiger partial charge in [-0.05, 0) is 41.5 Å². The monoisotopic (exact) mass is 307 g/mol. The zero-order valence-electron chi connectivity index (χ0n) is 12.5. The number of tetrazole rings is 1. The van der Waals surface area contributed by atoms with Crippen LogP contribution in [0.3, 0.4) is 0 Å². The first kappa shape index (κ1) is 15.9. The fourth-order valence-electron chi connectivity index (χ4n) is 2.03. The van der Waals surface area contributed by atoms with Gasteiger partial charge in [-0.3, -0.25) is 4.79 Å². The minimum Gasteiger partial charge on any atom is -0.494 e. The van der Waals surface area contributed by atoms with Gasteiger partial charge in [0.2, 0.25) is 5.91 Å². The molecule has 0 aliphatic carbocycles. The van der Waals surface area contributed by atoms with Crippen LogP contribution >= 0.6 is 0 Å². The van der Waals surface area contributed by atoms with Crippen molar-refractivity contribution in [2.45, 2.75) is 32.4 Å². The second-order valence-corrected chi connectivity index (χ2v) is 4.86. The van der Waals surface area contributed by atoms with E-state index >= 15 is 0 Å². The molecule has 0 radical (unpaired) electrons. The van der Waals surface area contributed by atoms with Gasteiger partial charge in [-0.15, -0.1) is 5.10 Å². The topological polar surface area (TPSA) is 81.9 Å². The van der Waals surface area contributed by atoms with Gasteiger partial charge in [0.05, 0.1) is 13.2 Å². The Morgan fingerprint density at radius 3 is 2.95 bits per heavy atom. The zero-order valence-corrected chi connectivity index (χ0v) is 12.5. The second kappa shape index (κ2) is 7.48. The van der Waals surface area contributed by atoms with E-state index in [1.165, 1.54) is 19.5 Å². The number of methoxy groups -OCH3 is 1. The highest BCUT2D eigenvalue weighted by Gasteiger charge is 2.12. The molecule has 1 N–H and O–H groups in total. The number of carbonyl (C=O) groups is 1. The summed E-state index contributed by atoms with van der Waals surface area (Å²) in [6, 6.07) is 4.37. The largest absolute Gasteiger partial charge is 0.494 e. The Morgan fingerprint density at radius 1 is 1.50 bits per heavy atom. The minimum absolute atomic E-state index is 0.100. The highest BCUT2D eigenvalue weighted by molar-refractivity contribution is 5.76. The molecule has 8 heteroatoms. The van der Waals surface area contributed by atoms with E-state index in [-0.39, 0.29) is 17.7 Å². The summed E-state index contributed by atoms with van der Waals surface area (Å²) < 4.78 is 20.1. The Balaban J connectivity index is 1.81. The van der Waals surface area contributed by atoms with Crippen molar-refractivity contribution in [2.24, 2.45) is 0 Å². The van der Waals surface area contributed by atoms with Crippen molar-refractivity contribution in [1.82, 2.24) is 25.5 Å². The first-order chi connectivity index (χ1) is 10.6. The Bertz CT molecular complexity index is 618. The Kier molecular flexibility index (Phi) is 5.40. The fraction of sp³-hybridized carbons (Fsp3) is 0.429. The molecule has 1 amide bonds. The molecule has 2 rings (SSSR count). The van der Waals surface area contributed by atoms with Gasteiger partial charge in [0.25, 0.3) is 0 Å². The van der Waals surface area contributed by atoms with Gasteiger partial charge < -0.3 is 10.1 Å². The standard InChI is InChI=1S/C14H18FN5O2/c1-10(11-5-6-13(22-2)12(15)8-11)17-14(21)4-3-7-20-9-16-18-19-20/h5-6,8-10H,3-4,7H2,1-2H3,(H,17,21)/t10-/m0/s1. The molecule has 0 aliphatic heterocycles. The van der Waals surface area contributed by atoms with E-state index in [1.54, 1.807) is 23.7 Å². The third-order valence-corrected chi connectivity index (χ3v) is 3.24. The number of aryl methyl sites for hydroxylation is 1. The van der Waals surface area contributed by atoms with E-state index in [2.05, 4.69) is 20.8 Å². The van der Waals surface area contributed by atoms with Gasteiger partial charge >= 0.3 is 0 Å². The smallest absolute Gasteiger partial charge is 0.220 e. The number of aromatic nitrogens is 4. The number of hydrogen-bond acceptors (Lipinski definition) is 5. The lowest BCUT2D eigenvalue weighted by Crippen LogP contribution is -2.26. The van der Waals surface area contributed by atoms with Crippen LogP contribution in [0, 0.1) is 5.82 Å². The number of halogens is 1. The van der Waals surface area contributed by atoms with Crippen molar-refractivity contribution in [2.75, 3.05) is 7.11 Å². The normalized spacial score (nSPS) is 12.0. The Morgan fingerprint density at radius 2 is 2.32 bits per heavy atom. The molecule has 1 heterocycles. The molecule has 0 spiro atoms. The molecule has 0 bridgehead atoms. The number of carbonyl (C=O) groups excluding carboxylic acids is 1. The highest BCUT2D eigenvalue weighted by Crippen LogP contribution is 2.21. The molecule has 0 saturated heterocycles. The average Bonchev–Trinajstić information content (AvgIpc) is 3.00. The van der Waals surface area contributed by atoms with Crippen LogP contribution in [0.1, 0.15) is 31.4 Å². The van der Waals surface area contributed by atoms with Crippen LogP contribution < -0.4 is 10.1 Å². The van der Waals surface area contributed by atoms with Crippen LogP contribution in [0.15, 0.2) is 24.5 Å². The van der Waals surface area contributed by atoms with E-state index < -0.39 is 5.82 Å². The van der Waals surface area contributed by atoms with Crippen LogP contribution in [0.2, 0.25) is 0 Å². The van der Waals surface area contributed by atoms with Crippen LogP contribution in [0.4, 0.5) is 4.39 Å². The predicted octanol–water partition coefficient (Wildman–Crippen LogP) is 1.48. The molecule has 7 nitrogen and oxygen atoms in total. The third kappa shape index (κ3) is 4.24. The van der Waals surface area contributed by atoms with Crippen molar-refractivity contribution in [1.29, 1.82) is 0 Å². The van der Waals surface area contributed by atoms with Gasteiger partial charge in [0.15, 0.2) is 11.6 Å². The van der Waals surface area contributed by atoms with Gasteiger partial charge in [-0.25, -0.2) is 9.07 Å². The van der Waals surface area contributed by atoms with Gasteiger partial charge in [-0.1, -0.05) is 6.07 Å². The third-order valence-electron chi connectivity index (χ3n) is 3.24. The van der Waals surface area contributed by atoms with E-state index in [9.17, 15) is 9.18 Å². The van der Waals surface area contributed by atoms with Gasteiger partial charge in [0, 0.05) is 13.0 Å². The van der Waals surface area contributed by atoms with Crippen LogP contribution in [-0.2, 0) is 11.3 Å². The Labute approximate surface area is 127 Å². The molecule has 2 aromatic rings. The molecule has 1 atom stereocenters. The van der Waals surface area contributed by atoms with Crippen molar-refractivity contribution in [3.8, 4) is 5.75 Å². The summed E-state index contributed by atoms with van der Waals surface area (Å²) in [7, 11) is 1.41. The second-order valence-electron chi connectivity index (χ2n) is 4.86. The number of nitrogens with one attached hydrogen (secondary N) is 1. The quantitative estimate of drug-likeness (QED) is 0.838. The first-order valence-electron chi connectivity index (χ1n) is 6.93. The van der Waals surface area contributed by atoms with Gasteiger partial charge in [-0.2, -0.15) is 0 Å². The van der Waals surface area contributed by atoms with Crippen molar-refractivity contribution in [3.63, 3.8) is 0 Å². The lowest BCUT2D eigenvalue weighted by molar-refractivity contribution is -0.121. The van der Waals surface area contributed by atoms with Crippen LogP contribution in [-0.4, -0.2) is 33.2 Å². The van der Waals surface area contributed by atoms with E-state index in [0.29, 0.717) is 24.9 Å². The highest BCUT2D eigenvalue weighted by atomic mass is 19.1. The summed E-state index contributed by atoms with van der Waals surface area (Å²) in [5.74, 6) is -0.361. The lowest BCUT2D eigenvalue weighted by Gasteiger charge is -2.15. The molecule has 0 fully saturated rings. The molecule has 0 aliphatic rings. The van der Waals surface area contributed by atoms with E-state index in [1.807, 2.05) is 0 Å². The van der Waals surface area contributed by atoms with Crippen molar-refractivity contribution >= 4 is 5.91 Å². The summed E-state index contributed by atoms with van der Waals surface area (Å²) >= 11 is 0. The maximum atomic E-state index is 13.6. The number of hydrogen-bond donors (Lipinski definition) is 1. The summed E-state index contributed by atoms with van der Waals surface area (Å²) in [4.78, 5) is 11.9. The Hall–Kier alpha value is -2.51. The number of amides is 1. The van der Waals surface area contributed by atoms with Crippen molar-refractivity contribution in [3.05, 3.63) is 35.9 Å². The minimum atomic E-state index is -0.445. The SMILES string of the molecule is COc1ccc([C@H](C)NC(=O)CCCn2cnnn2)cc1F. The zero-order chi connectivity index (χ0) is 15.9. The number of benzene rings is 1. The molecule has 0 unspecified atom stereocenters. The van der Waals surface area contributed by atoms with Crippen LogP contribution in [0.25, 0.3) is 0 Å². The number of nitrogens with zero attached hydrogens (tertiary/aromatic N) is 4.